The summed E-state index contributed by atoms with van der Waals surface area (Å²) in [6, 6.07) is 13.8. The van der Waals surface area contributed by atoms with Gasteiger partial charge in [-0.25, -0.2) is 4.39 Å². The second-order valence-electron chi connectivity index (χ2n) is 5.37. The van der Waals surface area contributed by atoms with E-state index in [9.17, 15) is 9.18 Å². The summed E-state index contributed by atoms with van der Waals surface area (Å²) in [6.07, 6.45) is 2.92. The highest BCUT2D eigenvalue weighted by Gasteiger charge is 2.05. The number of rotatable bonds is 6. The molecule has 0 aliphatic rings. The lowest BCUT2D eigenvalue weighted by molar-refractivity contribution is 0.104. The lowest BCUT2D eigenvalue weighted by Gasteiger charge is -2.05. The van der Waals surface area contributed by atoms with Crippen LogP contribution in [0.25, 0.3) is 6.08 Å². The Morgan fingerprint density at radius 3 is 2.54 bits per heavy atom. The molecule has 0 aliphatic carbocycles. The first-order valence-corrected chi connectivity index (χ1v) is 8.41. The van der Waals surface area contributed by atoms with Crippen molar-refractivity contribution in [3.05, 3.63) is 93.6 Å². The van der Waals surface area contributed by atoms with Crippen molar-refractivity contribution in [2.75, 3.05) is 0 Å². The van der Waals surface area contributed by atoms with Crippen LogP contribution in [-0.2, 0) is 6.61 Å². The maximum absolute atomic E-state index is 12.9. The van der Waals surface area contributed by atoms with Crippen molar-refractivity contribution in [1.29, 1.82) is 0 Å². The SMILES string of the molecule is O=C(/C=C/c1ccc(COc2ccc(Cl)c(Cl)c2)o1)c1ccc(F)cc1. The second-order valence-corrected chi connectivity index (χ2v) is 6.19. The zero-order valence-corrected chi connectivity index (χ0v) is 14.9. The molecule has 0 saturated heterocycles. The van der Waals surface area contributed by atoms with Gasteiger partial charge in [0.05, 0.1) is 10.0 Å². The van der Waals surface area contributed by atoms with Gasteiger partial charge in [0.2, 0.25) is 0 Å². The fourth-order valence-corrected chi connectivity index (χ4v) is 2.44. The van der Waals surface area contributed by atoms with Gasteiger partial charge in [0.1, 0.15) is 29.7 Å². The van der Waals surface area contributed by atoms with E-state index in [4.69, 9.17) is 32.4 Å². The molecule has 3 nitrogen and oxygen atoms in total. The van der Waals surface area contributed by atoms with E-state index in [1.54, 1.807) is 36.4 Å². The van der Waals surface area contributed by atoms with Crippen molar-refractivity contribution in [3.63, 3.8) is 0 Å². The van der Waals surface area contributed by atoms with Crippen LogP contribution in [0.1, 0.15) is 21.9 Å². The molecule has 1 aromatic heterocycles. The number of furan rings is 1. The summed E-state index contributed by atoms with van der Waals surface area (Å²) in [7, 11) is 0. The van der Waals surface area contributed by atoms with Crippen molar-refractivity contribution in [2.45, 2.75) is 6.61 Å². The molecule has 2 aromatic carbocycles. The fourth-order valence-electron chi connectivity index (χ4n) is 2.15. The minimum absolute atomic E-state index is 0.206. The molecule has 0 saturated carbocycles. The van der Waals surface area contributed by atoms with Crippen LogP contribution in [0.3, 0.4) is 0 Å². The summed E-state index contributed by atoms with van der Waals surface area (Å²) in [6.45, 7) is 0.206. The van der Waals surface area contributed by atoms with E-state index in [1.807, 2.05) is 0 Å². The number of carbonyl (C=O) groups is 1. The third-order valence-corrected chi connectivity index (χ3v) is 4.22. The predicted octanol–water partition coefficient (Wildman–Crippen LogP) is 6.20. The molecule has 0 atom stereocenters. The Balaban J connectivity index is 1.59. The van der Waals surface area contributed by atoms with Crippen LogP contribution >= 0.6 is 23.2 Å². The molecule has 0 unspecified atom stereocenters. The molecule has 132 valence electrons. The van der Waals surface area contributed by atoms with Crippen LogP contribution in [0.2, 0.25) is 10.0 Å². The van der Waals surface area contributed by atoms with E-state index in [2.05, 4.69) is 0 Å². The number of allylic oxidation sites excluding steroid dienone is 1. The minimum Gasteiger partial charge on any atom is -0.486 e. The summed E-state index contributed by atoms with van der Waals surface area (Å²) in [5.41, 5.74) is 0.400. The standard InChI is InChI=1S/C20H13Cl2FO3/c21-18-9-7-16(11-19(18)22)25-12-17-6-5-15(26-17)8-10-20(24)13-1-3-14(23)4-2-13/h1-11H,12H2/b10-8+. The fraction of sp³-hybridized carbons (Fsp3) is 0.0500. The average molecular weight is 391 g/mol. The first kappa shape index (κ1) is 18.2. The molecule has 0 bridgehead atoms. The van der Waals surface area contributed by atoms with Gasteiger partial charge >= 0.3 is 0 Å². The molecule has 3 rings (SSSR count). The number of halogens is 3. The van der Waals surface area contributed by atoms with Crippen molar-refractivity contribution in [2.24, 2.45) is 0 Å². The van der Waals surface area contributed by atoms with E-state index in [0.29, 0.717) is 32.9 Å². The lowest BCUT2D eigenvalue weighted by Crippen LogP contribution is -1.94. The van der Waals surface area contributed by atoms with Crippen LogP contribution in [0.4, 0.5) is 4.39 Å². The van der Waals surface area contributed by atoms with Gasteiger partial charge < -0.3 is 9.15 Å². The van der Waals surface area contributed by atoms with E-state index < -0.39 is 0 Å². The number of carbonyl (C=O) groups excluding carboxylic acids is 1. The largest absolute Gasteiger partial charge is 0.486 e. The van der Waals surface area contributed by atoms with Crippen molar-refractivity contribution < 1.29 is 18.3 Å². The first-order valence-electron chi connectivity index (χ1n) is 7.66. The Labute approximate surface area is 159 Å². The molecule has 0 amide bonds. The zero-order chi connectivity index (χ0) is 18.5. The quantitative estimate of drug-likeness (QED) is 0.371. The Bertz CT molecular complexity index is 946. The Hall–Kier alpha value is -2.56. The van der Waals surface area contributed by atoms with Gasteiger partial charge in [-0.15, -0.1) is 0 Å². The highest BCUT2D eigenvalue weighted by molar-refractivity contribution is 6.42. The van der Waals surface area contributed by atoms with Crippen LogP contribution < -0.4 is 4.74 Å². The van der Waals surface area contributed by atoms with Crippen molar-refractivity contribution >= 4 is 35.1 Å². The summed E-state index contributed by atoms with van der Waals surface area (Å²) in [5.74, 6) is 1.04. The Morgan fingerprint density at radius 1 is 1.04 bits per heavy atom. The lowest BCUT2D eigenvalue weighted by atomic mass is 10.1. The topological polar surface area (TPSA) is 39.4 Å². The molecule has 0 radical (unpaired) electrons. The van der Waals surface area contributed by atoms with Gasteiger partial charge in [-0.1, -0.05) is 23.2 Å². The van der Waals surface area contributed by atoms with Crippen LogP contribution in [0, 0.1) is 5.82 Å². The van der Waals surface area contributed by atoms with Gasteiger partial charge in [-0.3, -0.25) is 4.79 Å². The Morgan fingerprint density at radius 2 is 1.81 bits per heavy atom. The Kier molecular flexibility index (Phi) is 5.76. The predicted molar refractivity (Wildman–Crippen MR) is 99.3 cm³/mol. The van der Waals surface area contributed by atoms with Gasteiger partial charge in [0.15, 0.2) is 5.78 Å². The van der Waals surface area contributed by atoms with Crippen molar-refractivity contribution in [3.8, 4) is 5.75 Å². The van der Waals surface area contributed by atoms with Gasteiger partial charge in [0.25, 0.3) is 0 Å². The number of hydrogen-bond donors (Lipinski definition) is 0. The molecule has 6 heteroatoms. The summed E-state index contributed by atoms with van der Waals surface area (Å²) in [5, 5.41) is 0.863. The maximum Gasteiger partial charge on any atom is 0.185 e. The molecule has 26 heavy (non-hydrogen) atoms. The molecule has 0 N–H and O–H groups in total. The highest BCUT2D eigenvalue weighted by Crippen LogP contribution is 2.27. The molecule has 0 fully saturated rings. The van der Waals surface area contributed by atoms with E-state index in [1.165, 1.54) is 30.3 Å². The van der Waals surface area contributed by atoms with Crippen molar-refractivity contribution in [1.82, 2.24) is 0 Å². The number of ketones is 1. The van der Waals surface area contributed by atoms with Crippen LogP contribution in [-0.4, -0.2) is 5.78 Å². The number of hydrogen-bond acceptors (Lipinski definition) is 3. The monoisotopic (exact) mass is 390 g/mol. The van der Waals surface area contributed by atoms with Gasteiger partial charge in [-0.2, -0.15) is 0 Å². The molecule has 3 aromatic rings. The summed E-state index contributed by atoms with van der Waals surface area (Å²) < 4.78 is 24.0. The van der Waals surface area contributed by atoms with E-state index in [-0.39, 0.29) is 18.2 Å². The zero-order valence-electron chi connectivity index (χ0n) is 13.4. The normalized spacial score (nSPS) is 11.0. The molecule has 0 aliphatic heterocycles. The molecular formula is C20H13Cl2FO3. The molecule has 0 spiro atoms. The maximum atomic E-state index is 12.9. The first-order chi connectivity index (χ1) is 12.5. The third kappa shape index (κ3) is 4.75. The minimum atomic E-state index is -0.386. The summed E-state index contributed by atoms with van der Waals surface area (Å²) >= 11 is 11.8. The molecular weight excluding hydrogens is 378 g/mol. The van der Waals surface area contributed by atoms with E-state index >= 15 is 0 Å². The van der Waals surface area contributed by atoms with Crippen LogP contribution in [0.15, 0.2) is 65.1 Å². The smallest absolute Gasteiger partial charge is 0.185 e. The number of ether oxygens (including phenoxy) is 1. The summed E-state index contributed by atoms with van der Waals surface area (Å²) in [4.78, 5) is 12.0. The van der Waals surface area contributed by atoms with Gasteiger partial charge in [0, 0.05) is 11.6 Å². The third-order valence-electron chi connectivity index (χ3n) is 3.48. The second kappa shape index (κ2) is 8.21. The number of benzene rings is 2. The van der Waals surface area contributed by atoms with Gasteiger partial charge in [-0.05, 0) is 60.7 Å². The average Bonchev–Trinajstić information content (AvgIpc) is 3.09. The van der Waals surface area contributed by atoms with E-state index in [0.717, 1.165) is 0 Å². The highest BCUT2D eigenvalue weighted by atomic mass is 35.5. The van der Waals surface area contributed by atoms with Crippen LogP contribution in [0.5, 0.6) is 5.75 Å². The molecule has 1 heterocycles.